The number of hydrogen-bond donors (Lipinski definition) is 2. The summed E-state index contributed by atoms with van der Waals surface area (Å²) in [5, 5.41) is 6.98. The molecule has 0 aromatic rings. The van der Waals surface area contributed by atoms with Crippen molar-refractivity contribution in [3.05, 3.63) is 0 Å². The smallest absolute Gasteiger partial charge is 0.190 e. The van der Waals surface area contributed by atoms with Gasteiger partial charge in [-0.25, -0.2) is 0 Å². The van der Waals surface area contributed by atoms with Crippen LogP contribution in [-0.4, -0.2) is 62.8 Å². The molecule has 2 unspecified atom stereocenters. The van der Waals surface area contributed by atoms with Crippen LogP contribution in [-0.2, 0) is 4.74 Å². The number of guanidine groups is 1. The lowest BCUT2D eigenvalue weighted by Crippen LogP contribution is -2.47. The van der Waals surface area contributed by atoms with Gasteiger partial charge in [0.05, 0.1) is 12.2 Å². The molecule has 1 aliphatic heterocycles. The molecule has 0 bridgehead atoms. The van der Waals surface area contributed by atoms with Gasteiger partial charge in [0, 0.05) is 39.8 Å². The van der Waals surface area contributed by atoms with Crippen molar-refractivity contribution in [2.45, 2.75) is 65.1 Å². The first-order valence-electron chi connectivity index (χ1n) is 9.39. The largest absolute Gasteiger partial charge is 0.373 e. The second-order valence-electron chi connectivity index (χ2n) is 7.43. The van der Waals surface area contributed by atoms with Gasteiger partial charge in [0.15, 0.2) is 5.96 Å². The van der Waals surface area contributed by atoms with Crippen LogP contribution in [0, 0.1) is 5.41 Å². The Hall–Kier alpha value is -0.810. The minimum atomic E-state index is 0.355. The third kappa shape index (κ3) is 5.64. The molecule has 2 N–H and O–H groups in total. The molecule has 134 valence electrons. The Morgan fingerprint density at radius 2 is 1.91 bits per heavy atom. The van der Waals surface area contributed by atoms with Crippen molar-refractivity contribution in [1.29, 1.82) is 0 Å². The average Bonchev–Trinajstić information content (AvgIpc) is 2.47. The van der Waals surface area contributed by atoms with Crippen molar-refractivity contribution in [2.75, 3.05) is 39.8 Å². The van der Waals surface area contributed by atoms with E-state index in [2.05, 4.69) is 41.3 Å². The van der Waals surface area contributed by atoms with Gasteiger partial charge in [-0.2, -0.15) is 0 Å². The summed E-state index contributed by atoms with van der Waals surface area (Å²) in [6, 6.07) is 0. The predicted molar refractivity (Wildman–Crippen MR) is 97.0 cm³/mol. The van der Waals surface area contributed by atoms with Crippen LogP contribution < -0.4 is 10.6 Å². The van der Waals surface area contributed by atoms with Crippen molar-refractivity contribution in [3.63, 3.8) is 0 Å². The Labute approximate surface area is 142 Å². The van der Waals surface area contributed by atoms with Crippen LogP contribution in [0.2, 0.25) is 0 Å². The first-order chi connectivity index (χ1) is 11.1. The molecule has 0 radical (unpaired) electrons. The van der Waals surface area contributed by atoms with Gasteiger partial charge in [-0.15, -0.1) is 0 Å². The molecule has 0 spiro atoms. The fraction of sp³-hybridized carbons (Fsp3) is 0.944. The van der Waals surface area contributed by atoms with E-state index in [-0.39, 0.29) is 0 Å². The summed E-state index contributed by atoms with van der Waals surface area (Å²) in [7, 11) is 1.86. The number of hydrogen-bond acceptors (Lipinski definition) is 3. The topological polar surface area (TPSA) is 48.9 Å². The third-order valence-corrected chi connectivity index (χ3v) is 5.46. The average molecular weight is 325 g/mol. The number of aliphatic imine (C=N–C) groups is 1. The number of ether oxygens (including phenoxy) is 1. The monoisotopic (exact) mass is 324 g/mol. The van der Waals surface area contributed by atoms with Crippen molar-refractivity contribution < 1.29 is 4.74 Å². The van der Waals surface area contributed by atoms with E-state index in [4.69, 9.17) is 4.74 Å². The molecule has 1 aliphatic carbocycles. The van der Waals surface area contributed by atoms with Crippen LogP contribution in [0.5, 0.6) is 0 Å². The van der Waals surface area contributed by atoms with Crippen molar-refractivity contribution >= 4 is 5.96 Å². The molecule has 0 amide bonds. The zero-order valence-corrected chi connectivity index (χ0v) is 15.5. The quantitative estimate of drug-likeness (QED) is 0.428. The first-order valence-corrected chi connectivity index (χ1v) is 9.39. The Morgan fingerprint density at radius 1 is 1.22 bits per heavy atom. The normalized spacial score (nSPS) is 28.3. The second kappa shape index (κ2) is 8.88. The molecule has 2 fully saturated rings. The van der Waals surface area contributed by atoms with E-state index in [0.717, 1.165) is 45.1 Å². The Kier molecular flexibility index (Phi) is 7.15. The van der Waals surface area contributed by atoms with Crippen LogP contribution in [0.4, 0.5) is 0 Å². The van der Waals surface area contributed by atoms with Gasteiger partial charge in [0.1, 0.15) is 0 Å². The van der Waals surface area contributed by atoms with Gasteiger partial charge in [0.2, 0.25) is 0 Å². The van der Waals surface area contributed by atoms with Gasteiger partial charge in [-0.1, -0.05) is 13.3 Å². The van der Waals surface area contributed by atoms with Gasteiger partial charge in [-0.3, -0.25) is 9.89 Å². The molecule has 5 heteroatoms. The van der Waals surface area contributed by atoms with E-state index in [1.165, 1.54) is 25.7 Å². The Balaban J connectivity index is 1.60. The van der Waals surface area contributed by atoms with E-state index < -0.39 is 0 Å². The molecule has 1 saturated carbocycles. The summed E-state index contributed by atoms with van der Waals surface area (Å²) < 4.78 is 5.78. The second-order valence-corrected chi connectivity index (χ2v) is 7.43. The summed E-state index contributed by atoms with van der Waals surface area (Å²) in [5.74, 6) is 0.952. The van der Waals surface area contributed by atoms with E-state index in [1.807, 2.05) is 7.05 Å². The van der Waals surface area contributed by atoms with Gasteiger partial charge < -0.3 is 15.4 Å². The Bertz CT molecular complexity index is 366. The summed E-state index contributed by atoms with van der Waals surface area (Å²) in [6.45, 7) is 11.9. The summed E-state index contributed by atoms with van der Waals surface area (Å²) in [6.07, 6.45) is 7.23. The highest BCUT2D eigenvalue weighted by atomic mass is 16.5. The molecule has 23 heavy (non-hydrogen) atoms. The molecule has 1 saturated heterocycles. The summed E-state index contributed by atoms with van der Waals surface area (Å²) in [5.41, 5.74) is 0.525. The minimum absolute atomic E-state index is 0.355. The molecule has 0 aromatic carbocycles. The minimum Gasteiger partial charge on any atom is -0.373 e. The highest BCUT2D eigenvalue weighted by Gasteiger charge is 2.34. The lowest BCUT2D eigenvalue weighted by atomic mass is 9.67. The highest BCUT2D eigenvalue weighted by Crippen LogP contribution is 2.42. The van der Waals surface area contributed by atoms with Crippen LogP contribution in [0.1, 0.15) is 52.9 Å². The van der Waals surface area contributed by atoms with Crippen LogP contribution in [0.3, 0.4) is 0 Å². The lowest BCUT2D eigenvalue weighted by molar-refractivity contribution is -0.0679. The first kappa shape index (κ1) is 18.5. The standard InChI is InChI=1S/C18H36N4O/c1-5-18(8-6-9-18)14-21-17(19-4)20-10-7-11-22-12-15(2)23-16(3)13-22/h15-16H,5-14H2,1-4H3,(H2,19,20,21). The fourth-order valence-corrected chi connectivity index (χ4v) is 3.80. The lowest BCUT2D eigenvalue weighted by Gasteiger charge is -2.41. The number of morpholine rings is 1. The maximum absolute atomic E-state index is 5.78. The molecule has 0 aromatic heterocycles. The zero-order valence-electron chi connectivity index (χ0n) is 15.5. The van der Waals surface area contributed by atoms with Crippen LogP contribution in [0.15, 0.2) is 4.99 Å². The van der Waals surface area contributed by atoms with E-state index in [1.54, 1.807) is 0 Å². The fourth-order valence-electron chi connectivity index (χ4n) is 3.80. The molecular formula is C18H36N4O. The number of nitrogens with one attached hydrogen (secondary N) is 2. The number of rotatable bonds is 7. The predicted octanol–water partition coefficient (Wildman–Crippen LogP) is 2.23. The van der Waals surface area contributed by atoms with E-state index >= 15 is 0 Å². The van der Waals surface area contributed by atoms with E-state index in [0.29, 0.717) is 17.6 Å². The van der Waals surface area contributed by atoms with Crippen molar-refractivity contribution in [3.8, 4) is 0 Å². The maximum Gasteiger partial charge on any atom is 0.190 e. The van der Waals surface area contributed by atoms with Gasteiger partial charge in [-0.05, 0) is 44.9 Å². The summed E-state index contributed by atoms with van der Waals surface area (Å²) >= 11 is 0. The molecule has 2 atom stereocenters. The summed E-state index contributed by atoms with van der Waals surface area (Å²) in [4.78, 5) is 6.86. The third-order valence-electron chi connectivity index (χ3n) is 5.46. The van der Waals surface area contributed by atoms with Crippen molar-refractivity contribution in [2.24, 2.45) is 10.4 Å². The molecule has 5 nitrogen and oxygen atoms in total. The van der Waals surface area contributed by atoms with Crippen LogP contribution >= 0.6 is 0 Å². The molecule has 2 rings (SSSR count). The van der Waals surface area contributed by atoms with Crippen LogP contribution in [0.25, 0.3) is 0 Å². The van der Waals surface area contributed by atoms with E-state index in [9.17, 15) is 0 Å². The van der Waals surface area contributed by atoms with Crippen molar-refractivity contribution in [1.82, 2.24) is 15.5 Å². The van der Waals surface area contributed by atoms with Gasteiger partial charge >= 0.3 is 0 Å². The SMILES string of the molecule is CCC1(CNC(=NC)NCCCN2CC(C)OC(C)C2)CCC1. The highest BCUT2D eigenvalue weighted by molar-refractivity contribution is 5.79. The van der Waals surface area contributed by atoms with Gasteiger partial charge in [0.25, 0.3) is 0 Å². The molecule has 1 heterocycles. The Morgan fingerprint density at radius 3 is 2.43 bits per heavy atom. The molecular weight excluding hydrogens is 288 g/mol. The zero-order chi connectivity index (χ0) is 16.7. The number of nitrogens with zero attached hydrogens (tertiary/aromatic N) is 2. The maximum atomic E-state index is 5.78. The molecule has 2 aliphatic rings.